The van der Waals surface area contributed by atoms with Crippen molar-refractivity contribution >= 4 is 38.7 Å². The summed E-state index contributed by atoms with van der Waals surface area (Å²) in [4.78, 5) is 14.5. The Kier molecular flexibility index (Phi) is 4.91. The second-order valence-electron chi connectivity index (χ2n) is 4.40. The third-order valence-electron chi connectivity index (χ3n) is 2.72. The van der Waals surface area contributed by atoms with Gasteiger partial charge in [-0.2, -0.15) is 9.03 Å². The van der Waals surface area contributed by atoms with Gasteiger partial charge in [0.25, 0.3) is 0 Å². The first-order valence-corrected chi connectivity index (χ1v) is 8.12. The Labute approximate surface area is 131 Å². The van der Waals surface area contributed by atoms with Gasteiger partial charge in [0, 0.05) is 13.6 Å². The summed E-state index contributed by atoms with van der Waals surface area (Å²) in [6.45, 7) is 0.621. The molecule has 1 atom stereocenters. The molecule has 1 aromatic rings. The number of nitrogens with zero attached hydrogens (tertiary/aromatic N) is 2. The van der Waals surface area contributed by atoms with Crippen LogP contribution in [0.1, 0.15) is 0 Å². The lowest BCUT2D eigenvalue weighted by atomic mass is 10.3. The van der Waals surface area contributed by atoms with Gasteiger partial charge in [-0.1, -0.05) is 11.0 Å². The van der Waals surface area contributed by atoms with E-state index in [1.54, 1.807) is 7.05 Å². The van der Waals surface area contributed by atoms with Gasteiger partial charge in [-0.15, -0.1) is 0 Å². The van der Waals surface area contributed by atoms with E-state index in [2.05, 4.69) is 31.0 Å². The fraction of sp³-hybridized carbons (Fsp3) is 0.400. The maximum atomic E-state index is 10.5. The molecule has 0 aromatic carbocycles. The zero-order valence-electron chi connectivity index (χ0n) is 11.0. The zero-order valence-corrected chi connectivity index (χ0v) is 13.4. The first kappa shape index (κ1) is 16.3. The van der Waals surface area contributed by atoms with E-state index in [-0.39, 0.29) is 12.6 Å². The van der Waals surface area contributed by atoms with Gasteiger partial charge in [0.05, 0.1) is 22.4 Å². The standard InChI is InChI=1S/C10H15BrN4O5S/c1-15-4-7(14-21(15,18)19)5-20-9-8(11)2-6(3-12-9)13-10(16)17/h2-3,7,13-14,18-19H,4-5H2,1H3,(H,16,17). The molecule has 1 aliphatic heterocycles. The minimum absolute atomic E-state index is 0.192. The quantitative estimate of drug-likeness (QED) is 0.533. The highest BCUT2D eigenvalue weighted by Gasteiger charge is 2.33. The summed E-state index contributed by atoms with van der Waals surface area (Å²) in [6, 6.07) is 1.28. The van der Waals surface area contributed by atoms with Crippen LogP contribution in [0.3, 0.4) is 0 Å². The molecule has 2 heterocycles. The molecule has 0 saturated carbocycles. The summed E-state index contributed by atoms with van der Waals surface area (Å²) in [5.41, 5.74) is 0.314. The summed E-state index contributed by atoms with van der Waals surface area (Å²) in [5, 5.41) is 10.8. The maximum Gasteiger partial charge on any atom is 0.409 e. The summed E-state index contributed by atoms with van der Waals surface area (Å²) in [5.74, 6) is 0.291. The molecule has 21 heavy (non-hydrogen) atoms. The predicted octanol–water partition coefficient (Wildman–Crippen LogP) is 1.80. The average molecular weight is 383 g/mol. The van der Waals surface area contributed by atoms with Crippen LogP contribution < -0.4 is 14.8 Å². The number of hydrogen-bond acceptors (Lipinski definition) is 7. The minimum atomic E-state index is -2.91. The van der Waals surface area contributed by atoms with E-state index < -0.39 is 17.1 Å². The van der Waals surface area contributed by atoms with E-state index in [1.807, 2.05) is 0 Å². The van der Waals surface area contributed by atoms with Gasteiger partial charge >= 0.3 is 6.09 Å². The highest BCUT2D eigenvalue weighted by molar-refractivity contribution is 9.10. The Morgan fingerprint density at radius 1 is 1.71 bits per heavy atom. The smallest absolute Gasteiger partial charge is 0.409 e. The number of carboxylic acid groups (broad SMARTS) is 1. The molecule has 1 unspecified atom stereocenters. The Hall–Kier alpha value is -1.11. The Morgan fingerprint density at radius 2 is 2.43 bits per heavy atom. The van der Waals surface area contributed by atoms with Gasteiger partial charge in [-0.3, -0.25) is 14.4 Å². The van der Waals surface area contributed by atoms with Crippen molar-refractivity contribution in [2.45, 2.75) is 6.04 Å². The highest BCUT2D eigenvalue weighted by Crippen LogP contribution is 2.42. The van der Waals surface area contributed by atoms with Gasteiger partial charge < -0.3 is 9.84 Å². The van der Waals surface area contributed by atoms with Gasteiger partial charge in [0.1, 0.15) is 6.61 Å². The summed E-state index contributed by atoms with van der Waals surface area (Å²) >= 11 is 3.24. The molecule has 2 rings (SSSR count). The lowest BCUT2D eigenvalue weighted by Gasteiger charge is -2.32. The molecule has 118 valence electrons. The Balaban J connectivity index is 1.94. The monoisotopic (exact) mass is 382 g/mol. The normalized spacial score (nSPS) is 22.8. The molecular formula is C10H15BrN4O5S. The number of pyridine rings is 1. The summed E-state index contributed by atoms with van der Waals surface area (Å²) in [6.07, 6.45) is 0.150. The molecule has 11 heteroatoms. The van der Waals surface area contributed by atoms with E-state index in [0.717, 1.165) is 0 Å². The second-order valence-corrected chi connectivity index (χ2v) is 7.15. The van der Waals surface area contributed by atoms with Gasteiger partial charge in [0.2, 0.25) is 5.88 Å². The highest BCUT2D eigenvalue weighted by atomic mass is 79.9. The number of aromatic nitrogens is 1. The van der Waals surface area contributed by atoms with Crippen LogP contribution in [0.2, 0.25) is 0 Å². The van der Waals surface area contributed by atoms with Gasteiger partial charge in [-0.05, 0) is 22.0 Å². The Bertz CT molecular complexity index is 546. The molecule has 1 aliphatic rings. The van der Waals surface area contributed by atoms with Crippen LogP contribution in [-0.4, -0.2) is 55.8 Å². The molecule has 1 aromatic heterocycles. The lowest BCUT2D eigenvalue weighted by Crippen LogP contribution is -2.31. The van der Waals surface area contributed by atoms with E-state index in [4.69, 9.17) is 9.84 Å². The zero-order chi connectivity index (χ0) is 15.6. The van der Waals surface area contributed by atoms with Crippen LogP contribution in [0.5, 0.6) is 5.88 Å². The lowest BCUT2D eigenvalue weighted by molar-refractivity contribution is 0.209. The predicted molar refractivity (Wildman–Crippen MR) is 81.5 cm³/mol. The van der Waals surface area contributed by atoms with Crippen LogP contribution in [0.25, 0.3) is 0 Å². The van der Waals surface area contributed by atoms with Crippen LogP contribution in [-0.2, 0) is 0 Å². The number of rotatable bonds is 4. The first-order chi connectivity index (χ1) is 9.78. The van der Waals surface area contributed by atoms with Crippen LogP contribution in [0.15, 0.2) is 16.7 Å². The summed E-state index contributed by atoms with van der Waals surface area (Å²) < 4.78 is 29.3. The van der Waals surface area contributed by atoms with E-state index in [1.165, 1.54) is 16.6 Å². The van der Waals surface area contributed by atoms with E-state index >= 15 is 0 Å². The first-order valence-electron chi connectivity index (χ1n) is 5.83. The molecule has 9 nitrogen and oxygen atoms in total. The molecule has 0 aliphatic carbocycles. The second kappa shape index (κ2) is 6.34. The number of halogens is 1. The number of amides is 1. The fourth-order valence-corrected chi connectivity index (χ4v) is 3.38. The molecule has 0 radical (unpaired) electrons. The van der Waals surface area contributed by atoms with Crippen molar-refractivity contribution in [2.75, 3.05) is 25.5 Å². The topological polar surface area (TPSA) is 127 Å². The minimum Gasteiger partial charge on any atom is -0.475 e. The van der Waals surface area contributed by atoms with Crippen molar-refractivity contribution in [3.05, 3.63) is 16.7 Å². The number of hydrogen-bond donors (Lipinski definition) is 5. The third kappa shape index (κ3) is 4.18. The van der Waals surface area contributed by atoms with Crippen molar-refractivity contribution in [2.24, 2.45) is 0 Å². The molecule has 0 spiro atoms. The third-order valence-corrected chi connectivity index (χ3v) is 4.95. The largest absolute Gasteiger partial charge is 0.475 e. The fourth-order valence-electron chi connectivity index (χ4n) is 1.75. The summed E-state index contributed by atoms with van der Waals surface area (Å²) in [7, 11) is -1.31. The number of anilines is 1. The van der Waals surface area contributed by atoms with Crippen molar-refractivity contribution in [1.29, 1.82) is 0 Å². The van der Waals surface area contributed by atoms with Crippen LogP contribution >= 0.6 is 26.9 Å². The van der Waals surface area contributed by atoms with Crippen molar-refractivity contribution in [1.82, 2.24) is 14.0 Å². The molecule has 1 amide bonds. The number of ether oxygens (including phenoxy) is 1. The average Bonchev–Trinajstić information content (AvgIpc) is 2.61. The van der Waals surface area contributed by atoms with Crippen LogP contribution in [0.4, 0.5) is 10.5 Å². The van der Waals surface area contributed by atoms with Crippen molar-refractivity contribution in [3.63, 3.8) is 0 Å². The molecule has 1 fully saturated rings. The molecular weight excluding hydrogens is 368 g/mol. The van der Waals surface area contributed by atoms with E-state index in [0.29, 0.717) is 22.6 Å². The van der Waals surface area contributed by atoms with Gasteiger partial charge in [-0.25, -0.2) is 9.78 Å². The number of nitrogens with one attached hydrogen (secondary N) is 2. The molecule has 0 bridgehead atoms. The van der Waals surface area contributed by atoms with Gasteiger partial charge in [0.15, 0.2) is 0 Å². The molecule has 5 N–H and O–H groups in total. The van der Waals surface area contributed by atoms with Crippen molar-refractivity contribution < 1.29 is 23.7 Å². The van der Waals surface area contributed by atoms with Crippen molar-refractivity contribution in [3.8, 4) is 5.88 Å². The molecule has 1 saturated heterocycles. The number of likely N-dealkylation sites (N-methyl/N-ethyl adjacent to an activating group) is 1. The van der Waals surface area contributed by atoms with Crippen LogP contribution in [0, 0.1) is 0 Å². The Morgan fingerprint density at radius 3 is 2.95 bits per heavy atom. The number of carbonyl (C=O) groups is 1. The van der Waals surface area contributed by atoms with E-state index in [9.17, 15) is 13.9 Å². The SMILES string of the molecule is CN1CC(COc2ncc(NC(=O)O)cc2Br)NS1(O)O. The maximum absolute atomic E-state index is 10.5.